The highest BCUT2D eigenvalue weighted by Gasteiger charge is 2.25. The van der Waals surface area contributed by atoms with Gasteiger partial charge in [0.15, 0.2) is 11.5 Å². The molecule has 1 saturated carbocycles. The normalized spacial score (nSPS) is 16.1. The van der Waals surface area contributed by atoms with Gasteiger partial charge in [0.2, 0.25) is 12.7 Å². The maximum atomic E-state index is 13.0. The predicted octanol–water partition coefficient (Wildman–Crippen LogP) is 3.94. The summed E-state index contributed by atoms with van der Waals surface area (Å²) in [5, 5.41) is 2.86. The number of benzene rings is 2. The molecule has 1 amide bonds. The SMILES string of the molecule is O=C(CN(Cc1ccc2c(c1)OCO2)C1CCCC1)Nc1ccc(F)cc1. The lowest BCUT2D eigenvalue weighted by molar-refractivity contribution is -0.118. The number of anilines is 1. The van der Waals surface area contributed by atoms with E-state index < -0.39 is 0 Å². The van der Waals surface area contributed by atoms with E-state index in [1.165, 1.54) is 25.0 Å². The van der Waals surface area contributed by atoms with Gasteiger partial charge < -0.3 is 14.8 Å². The molecule has 0 atom stereocenters. The summed E-state index contributed by atoms with van der Waals surface area (Å²) in [6.45, 7) is 1.24. The third-order valence-electron chi connectivity index (χ3n) is 5.14. The molecule has 142 valence electrons. The molecule has 1 N–H and O–H groups in total. The number of carbonyl (C=O) groups is 1. The zero-order chi connectivity index (χ0) is 18.6. The van der Waals surface area contributed by atoms with Gasteiger partial charge in [-0.1, -0.05) is 18.9 Å². The Hall–Kier alpha value is -2.60. The zero-order valence-corrected chi connectivity index (χ0v) is 15.1. The van der Waals surface area contributed by atoms with Crippen LogP contribution in [0.4, 0.5) is 10.1 Å². The first-order valence-electron chi connectivity index (χ1n) is 9.35. The third kappa shape index (κ3) is 4.39. The van der Waals surface area contributed by atoms with Crippen molar-refractivity contribution in [2.45, 2.75) is 38.3 Å². The number of hydrogen-bond acceptors (Lipinski definition) is 4. The van der Waals surface area contributed by atoms with Crippen molar-refractivity contribution in [2.75, 3.05) is 18.7 Å². The average molecular weight is 370 g/mol. The van der Waals surface area contributed by atoms with E-state index in [1.807, 2.05) is 18.2 Å². The number of carbonyl (C=O) groups excluding carboxylic acids is 1. The van der Waals surface area contributed by atoms with Crippen LogP contribution >= 0.6 is 0 Å². The summed E-state index contributed by atoms with van der Waals surface area (Å²) in [7, 11) is 0. The maximum Gasteiger partial charge on any atom is 0.238 e. The molecule has 0 bridgehead atoms. The highest BCUT2D eigenvalue weighted by Crippen LogP contribution is 2.33. The molecule has 0 saturated heterocycles. The summed E-state index contributed by atoms with van der Waals surface area (Å²) in [6, 6.07) is 12.2. The number of nitrogens with zero attached hydrogens (tertiary/aromatic N) is 1. The molecule has 2 aromatic carbocycles. The lowest BCUT2D eigenvalue weighted by atomic mass is 10.1. The first-order valence-corrected chi connectivity index (χ1v) is 9.35. The summed E-state index contributed by atoms with van der Waals surface area (Å²) < 4.78 is 23.9. The fourth-order valence-electron chi connectivity index (χ4n) is 3.78. The van der Waals surface area contributed by atoms with Gasteiger partial charge in [-0.3, -0.25) is 9.69 Å². The van der Waals surface area contributed by atoms with Gasteiger partial charge in [-0.2, -0.15) is 0 Å². The molecule has 0 radical (unpaired) electrons. The quantitative estimate of drug-likeness (QED) is 0.837. The molecule has 0 spiro atoms. The Balaban J connectivity index is 1.44. The van der Waals surface area contributed by atoms with Gasteiger partial charge in [0, 0.05) is 18.3 Å². The lowest BCUT2D eigenvalue weighted by Gasteiger charge is -2.28. The Morgan fingerprint density at radius 2 is 1.81 bits per heavy atom. The Morgan fingerprint density at radius 1 is 1.07 bits per heavy atom. The number of rotatable bonds is 6. The van der Waals surface area contributed by atoms with Crippen molar-refractivity contribution in [3.8, 4) is 11.5 Å². The van der Waals surface area contributed by atoms with Crippen LogP contribution in [0, 0.1) is 5.82 Å². The van der Waals surface area contributed by atoms with Gasteiger partial charge in [-0.25, -0.2) is 4.39 Å². The smallest absolute Gasteiger partial charge is 0.238 e. The second-order valence-electron chi connectivity index (χ2n) is 7.09. The van der Waals surface area contributed by atoms with Crippen LogP contribution < -0.4 is 14.8 Å². The molecule has 1 aliphatic carbocycles. The number of nitrogens with one attached hydrogen (secondary N) is 1. The fraction of sp³-hybridized carbons (Fsp3) is 0.381. The molecule has 1 heterocycles. The van der Waals surface area contributed by atoms with Gasteiger partial charge >= 0.3 is 0 Å². The number of amides is 1. The zero-order valence-electron chi connectivity index (χ0n) is 15.1. The molecule has 6 heteroatoms. The van der Waals surface area contributed by atoms with Crippen LogP contribution in [-0.2, 0) is 11.3 Å². The van der Waals surface area contributed by atoms with Crippen molar-refractivity contribution in [3.05, 3.63) is 53.8 Å². The summed E-state index contributed by atoms with van der Waals surface area (Å²) in [4.78, 5) is 14.8. The number of halogens is 1. The van der Waals surface area contributed by atoms with Crippen LogP contribution in [0.3, 0.4) is 0 Å². The van der Waals surface area contributed by atoms with E-state index in [-0.39, 0.29) is 18.5 Å². The molecule has 0 aromatic heterocycles. The summed E-state index contributed by atoms with van der Waals surface area (Å²) >= 11 is 0. The molecular formula is C21H23FN2O3. The number of ether oxygens (including phenoxy) is 2. The second kappa shape index (κ2) is 7.96. The molecule has 4 rings (SSSR count). The molecule has 5 nitrogen and oxygen atoms in total. The monoisotopic (exact) mass is 370 g/mol. The van der Waals surface area contributed by atoms with Crippen molar-refractivity contribution in [1.29, 1.82) is 0 Å². The third-order valence-corrected chi connectivity index (χ3v) is 5.14. The summed E-state index contributed by atoms with van der Waals surface area (Å²) in [6.07, 6.45) is 4.60. The van der Waals surface area contributed by atoms with Gasteiger partial charge in [0.05, 0.1) is 6.54 Å². The average Bonchev–Trinajstić information content (AvgIpc) is 3.34. The van der Waals surface area contributed by atoms with E-state index in [4.69, 9.17) is 9.47 Å². The van der Waals surface area contributed by atoms with Crippen molar-refractivity contribution in [2.24, 2.45) is 0 Å². The highest BCUT2D eigenvalue weighted by atomic mass is 19.1. The second-order valence-corrected chi connectivity index (χ2v) is 7.09. The minimum atomic E-state index is -0.316. The molecular weight excluding hydrogens is 347 g/mol. The Morgan fingerprint density at radius 3 is 2.59 bits per heavy atom. The van der Waals surface area contributed by atoms with Crippen LogP contribution in [0.2, 0.25) is 0 Å². The fourth-order valence-corrected chi connectivity index (χ4v) is 3.78. The summed E-state index contributed by atoms with van der Waals surface area (Å²) in [5.74, 6) is 1.12. The molecule has 1 aliphatic heterocycles. The number of hydrogen-bond donors (Lipinski definition) is 1. The minimum Gasteiger partial charge on any atom is -0.454 e. The topological polar surface area (TPSA) is 50.8 Å². The van der Waals surface area contributed by atoms with Gasteiger partial charge in [0.25, 0.3) is 0 Å². The van der Waals surface area contributed by atoms with Crippen LogP contribution in [0.15, 0.2) is 42.5 Å². The van der Waals surface area contributed by atoms with Crippen LogP contribution in [0.5, 0.6) is 11.5 Å². The van der Waals surface area contributed by atoms with Crippen LogP contribution in [-0.4, -0.2) is 30.2 Å². The van der Waals surface area contributed by atoms with E-state index in [0.717, 1.165) is 29.9 Å². The number of fused-ring (bicyclic) bond motifs is 1. The molecule has 27 heavy (non-hydrogen) atoms. The molecule has 1 fully saturated rings. The van der Waals surface area contributed by atoms with Gasteiger partial charge in [-0.15, -0.1) is 0 Å². The lowest BCUT2D eigenvalue weighted by Crippen LogP contribution is -2.39. The Labute approximate surface area is 158 Å². The summed E-state index contributed by atoms with van der Waals surface area (Å²) in [5.41, 5.74) is 1.71. The van der Waals surface area contributed by atoms with E-state index in [2.05, 4.69) is 10.2 Å². The maximum absolute atomic E-state index is 13.0. The van der Waals surface area contributed by atoms with Crippen molar-refractivity contribution in [1.82, 2.24) is 4.90 Å². The van der Waals surface area contributed by atoms with Gasteiger partial charge in [-0.05, 0) is 54.8 Å². The van der Waals surface area contributed by atoms with Crippen LogP contribution in [0.25, 0.3) is 0 Å². The molecule has 2 aromatic rings. The van der Waals surface area contributed by atoms with Gasteiger partial charge in [0.1, 0.15) is 5.82 Å². The molecule has 2 aliphatic rings. The Kier molecular flexibility index (Phi) is 5.25. The highest BCUT2D eigenvalue weighted by molar-refractivity contribution is 5.92. The van der Waals surface area contributed by atoms with Crippen molar-refractivity contribution >= 4 is 11.6 Å². The van der Waals surface area contributed by atoms with E-state index >= 15 is 0 Å². The first kappa shape index (κ1) is 17.8. The van der Waals surface area contributed by atoms with E-state index in [9.17, 15) is 9.18 Å². The van der Waals surface area contributed by atoms with E-state index in [0.29, 0.717) is 24.8 Å². The van der Waals surface area contributed by atoms with Crippen molar-refractivity contribution in [3.63, 3.8) is 0 Å². The Bertz CT molecular complexity index is 804. The molecule has 0 unspecified atom stereocenters. The first-order chi connectivity index (χ1) is 13.2. The van der Waals surface area contributed by atoms with E-state index in [1.54, 1.807) is 12.1 Å². The van der Waals surface area contributed by atoms with Crippen molar-refractivity contribution < 1.29 is 18.7 Å². The predicted molar refractivity (Wildman–Crippen MR) is 100 cm³/mol. The standard InChI is InChI=1S/C21H23FN2O3/c22-16-6-8-17(9-7-16)23-21(25)13-24(18-3-1-2-4-18)12-15-5-10-19-20(11-15)27-14-26-19/h5-11,18H,1-4,12-14H2,(H,23,25). The van der Waals surface area contributed by atoms with Crippen LogP contribution in [0.1, 0.15) is 31.2 Å². The largest absolute Gasteiger partial charge is 0.454 e. The minimum absolute atomic E-state index is 0.0887.